The van der Waals surface area contributed by atoms with E-state index < -0.39 is 0 Å². The molecule has 5 rings (SSSR count). The predicted octanol–water partition coefficient (Wildman–Crippen LogP) is 3.91. The Bertz CT molecular complexity index is 395. The molecule has 1 spiro atoms. The zero-order chi connectivity index (χ0) is 9.24. The highest BCUT2D eigenvalue weighted by molar-refractivity contribution is 9.28. The van der Waals surface area contributed by atoms with Gasteiger partial charge in [-0.2, -0.15) is 0 Å². The molecule has 5 aliphatic carbocycles. The van der Waals surface area contributed by atoms with E-state index in [1.807, 2.05) is 0 Å². The molecule has 2 bridgehead atoms. The van der Waals surface area contributed by atoms with E-state index in [0.29, 0.717) is 0 Å². The highest BCUT2D eigenvalue weighted by Crippen LogP contribution is 2.93. The van der Waals surface area contributed by atoms with E-state index in [1.54, 1.807) is 18.4 Å². The van der Waals surface area contributed by atoms with E-state index in [1.165, 1.54) is 21.6 Å². The van der Waals surface area contributed by atoms with Crippen molar-refractivity contribution in [1.29, 1.82) is 0 Å². The Kier molecular flexibility index (Phi) is 1.10. The van der Waals surface area contributed by atoms with Crippen LogP contribution in [0.2, 0.25) is 0 Å². The molecule has 0 saturated heterocycles. The van der Waals surface area contributed by atoms with E-state index >= 15 is 0 Å². The number of rotatable bonds is 0. The van der Waals surface area contributed by atoms with Crippen molar-refractivity contribution in [3.63, 3.8) is 0 Å². The van der Waals surface area contributed by atoms with Crippen molar-refractivity contribution >= 4 is 31.9 Å². The van der Waals surface area contributed by atoms with Crippen molar-refractivity contribution in [2.45, 2.75) is 19.3 Å². The van der Waals surface area contributed by atoms with Gasteiger partial charge in [0.15, 0.2) is 0 Å². The standard InChI is InChI=1S/C12H12Br2/c13-11(14)6-3-12-7-2-5-4(9(6)7)1-8(12)10(5)12/h4-5,7-10H,1-3H2. The van der Waals surface area contributed by atoms with Crippen LogP contribution in [0.4, 0.5) is 0 Å². The normalized spacial score (nSPS) is 69.4. The van der Waals surface area contributed by atoms with Gasteiger partial charge in [-0.15, -0.1) is 0 Å². The second kappa shape index (κ2) is 1.95. The minimum atomic E-state index is 0.853. The second-order valence-electron chi connectivity index (χ2n) is 6.14. The largest absolute Gasteiger partial charge is 0.0599 e. The lowest BCUT2D eigenvalue weighted by atomic mass is 9.75. The van der Waals surface area contributed by atoms with Crippen LogP contribution in [-0.2, 0) is 0 Å². The lowest BCUT2D eigenvalue weighted by molar-refractivity contribution is 0.191. The summed E-state index contributed by atoms with van der Waals surface area (Å²) in [5.74, 6) is 6.71. The number of hydrogen-bond acceptors (Lipinski definition) is 0. The second-order valence-corrected chi connectivity index (χ2v) is 8.79. The van der Waals surface area contributed by atoms with E-state index in [0.717, 1.165) is 29.1 Å². The van der Waals surface area contributed by atoms with E-state index in [-0.39, 0.29) is 0 Å². The van der Waals surface area contributed by atoms with Gasteiger partial charge in [-0.05, 0) is 97.6 Å². The molecule has 0 nitrogen and oxygen atoms in total. The van der Waals surface area contributed by atoms with Crippen LogP contribution in [0, 0.1) is 40.9 Å². The first kappa shape index (κ1) is 7.89. The molecule has 5 fully saturated rings. The van der Waals surface area contributed by atoms with Crippen LogP contribution >= 0.6 is 31.9 Å². The Morgan fingerprint density at radius 2 is 1.93 bits per heavy atom. The molecular weight excluding hydrogens is 304 g/mol. The fourth-order valence-electron chi connectivity index (χ4n) is 6.44. The van der Waals surface area contributed by atoms with Crippen molar-refractivity contribution in [3.8, 4) is 0 Å². The first-order valence-electron chi connectivity index (χ1n) is 5.79. The summed E-state index contributed by atoms with van der Waals surface area (Å²) >= 11 is 7.34. The number of fused-ring (bicyclic) bond motifs is 1. The molecule has 7 atom stereocenters. The Morgan fingerprint density at radius 3 is 2.57 bits per heavy atom. The molecule has 7 unspecified atom stereocenters. The van der Waals surface area contributed by atoms with Gasteiger partial charge in [0.25, 0.3) is 0 Å². The third kappa shape index (κ3) is 0.522. The van der Waals surface area contributed by atoms with Crippen LogP contribution in [0.3, 0.4) is 0 Å². The molecular formula is C12H12Br2. The number of hydrogen-bond donors (Lipinski definition) is 0. The summed E-state index contributed by atoms with van der Waals surface area (Å²) < 4.78 is 1.30. The molecule has 5 saturated carbocycles. The van der Waals surface area contributed by atoms with E-state index in [2.05, 4.69) is 31.9 Å². The van der Waals surface area contributed by atoms with Crippen molar-refractivity contribution in [1.82, 2.24) is 0 Å². The summed E-state index contributed by atoms with van der Waals surface area (Å²) in [7, 11) is 0. The van der Waals surface area contributed by atoms with Crippen molar-refractivity contribution < 1.29 is 0 Å². The smallest absolute Gasteiger partial charge is 0.0459 e. The molecule has 5 aliphatic rings. The van der Waals surface area contributed by atoms with Crippen LogP contribution in [-0.4, -0.2) is 0 Å². The van der Waals surface area contributed by atoms with Crippen molar-refractivity contribution in [2.24, 2.45) is 40.9 Å². The van der Waals surface area contributed by atoms with Gasteiger partial charge in [0.05, 0.1) is 3.39 Å². The first-order valence-corrected chi connectivity index (χ1v) is 7.38. The molecule has 0 radical (unpaired) electrons. The predicted molar refractivity (Wildman–Crippen MR) is 62.1 cm³/mol. The highest BCUT2D eigenvalue weighted by atomic mass is 79.9. The zero-order valence-electron chi connectivity index (χ0n) is 7.84. The molecule has 0 aromatic rings. The monoisotopic (exact) mass is 314 g/mol. The van der Waals surface area contributed by atoms with Gasteiger partial charge in [0.1, 0.15) is 0 Å². The lowest BCUT2D eigenvalue weighted by Gasteiger charge is -2.29. The Hall–Kier alpha value is 0.700. The van der Waals surface area contributed by atoms with Crippen molar-refractivity contribution in [2.75, 3.05) is 0 Å². The highest BCUT2D eigenvalue weighted by Gasteiger charge is 2.87. The molecule has 0 aromatic carbocycles. The fourth-order valence-corrected chi connectivity index (χ4v) is 7.25. The Labute approximate surface area is 101 Å². The van der Waals surface area contributed by atoms with Gasteiger partial charge in [-0.1, -0.05) is 0 Å². The SMILES string of the molecule is BrC(Br)=C1CC23C4CC5C(CC2C53)C14. The maximum absolute atomic E-state index is 3.67. The summed E-state index contributed by atoms with van der Waals surface area (Å²) in [6.07, 6.45) is 4.62. The fraction of sp³-hybridized carbons (Fsp3) is 0.833. The molecule has 0 heterocycles. The molecule has 0 aliphatic heterocycles. The summed E-state index contributed by atoms with van der Waals surface area (Å²) in [4.78, 5) is 0. The Morgan fingerprint density at radius 1 is 1.14 bits per heavy atom. The van der Waals surface area contributed by atoms with Gasteiger partial charge in [0.2, 0.25) is 0 Å². The summed E-state index contributed by atoms with van der Waals surface area (Å²) in [5, 5.41) is 0. The molecule has 2 heteroatoms. The van der Waals surface area contributed by atoms with Gasteiger partial charge in [0, 0.05) is 0 Å². The van der Waals surface area contributed by atoms with E-state index in [4.69, 9.17) is 0 Å². The summed E-state index contributed by atoms with van der Waals surface area (Å²) in [6, 6.07) is 0. The molecule has 0 aromatic heterocycles. The van der Waals surface area contributed by atoms with Crippen molar-refractivity contribution in [3.05, 3.63) is 8.96 Å². The zero-order valence-corrected chi connectivity index (χ0v) is 11.0. The maximum Gasteiger partial charge on any atom is 0.0599 e. The van der Waals surface area contributed by atoms with Crippen LogP contribution in [0.5, 0.6) is 0 Å². The Balaban J connectivity index is 1.81. The molecule has 0 amide bonds. The molecule has 0 N–H and O–H groups in total. The summed E-state index contributed by atoms with van der Waals surface area (Å²) in [5.41, 5.74) is 2.61. The number of halogens is 2. The van der Waals surface area contributed by atoms with Gasteiger partial charge >= 0.3 is 0 Å². The first-order chi connectivity index (χ1) is 6.75. The minimum Gasteiger partial charge on any atom is -0.0459 e. The number of allylic oxidation sites excluding steroid dienone is 1. The maximum atomic E-state index is 3.67. The quantitative estimate of drug-likeness (QED) is 0.636. The van der Waals surface area contributed by atoms with Gasteiger partial charge < -0.3 is 0 Å². The van der Waals surface area contributed by atoms with Crippen LogP contribution in [0.15, 0.2) is 8.96 Å². The lowest BCUT2D eigenvalue weighted by Crippen LogP contribution is -2.25. The topological polar surface area (TPSA) is 0 Å². The minimum absolute atomic E-state index is 0.853. The third-order valence-corrected chi connectivity index (χ3v) is 7.44. The van der Waals surface area contributed by atoms with Gasteiger partial charge in [-0.25, -0.2) is 0 Å². The summed E-state index contributed by atoms with van der Waals surface area (Å²) in [6.45, 7) is 0. The van der Waals surface area contributed by atoms with E-state index in [9.17, 15) is 0 Å². The molecule has 14 heavy (non-hydrogen) atoms. The van der Waals surface area contributed by atoms with Crippen LogP contribution < -0.4 is 0 Å². The average Bonchev–Trinajstić information content (AvgIpc) is 2.40. The molecule has 74 valence electrons. The van der Waals surface area contributed by atoms with Crippen LogP contribution in [0.1, 0.15) is 19.3 Å². The van der Waals surface area contributed by atoms with Crippen LogP contribution in [0.25, 0.3) is 0 Å². The average molecular weight is 316 g/mol. The third-order valence-electron chi connectivity index (χ3n) is 6.43. The van der Waals surface area contributed by atoms with Gasteiger partial charge in [-0.3, -0.25) is 0 Å².